The van der Waals surface area contributed by atoms with Gasteiger partial charge in [-0.2, -0.15) is 0 Å². The fourth-order valence-corrected chi connectivity index (χ4v) is 1.53. The summed E-state index contributed by atoms with van der Waals surface area (Å²) in [5, 5.41) is 8.65. The van der Waals surface area contributed by atoms with Gasteiger partial charge in [-0.25, -0.2) is 14.8 Å². The van der Waals surface area contributed by atoms with Gasteiger partial charge < -0.3 is 5.11 Å². The first-order valence-electron chi connectivity index (χ1n) is 4.57. The number of nitrogens with zero attached hydrogens (tertiary/aromatic N) is 2. The number of aromatic nitrogens is 2. The van der Waals surface area contributed by atoms with Gasteiger partial charge in [-0.3, -0.25) is 0 Å². The van der Waals surface area contributed by atoms with Crippen LogP contribution in [-0.2, 0) is 5.75 Å². The second kappa shape index (κ2) is 4.61. The van der Waals surface area contributed by atoms with Gasteiger partial charge in [-0.15, -0.1) is 11.8 Å². The molecule has 82 valence electrons. The number of rotatable bonds is 3. The van der Waals surface area contributed by atoms with E-state index in [1.54, 1.807) is 11.8 Å². The molecule has 0 aromatic carbocycles. The third-order valence-electron chi connectivity index (χ3n) is 1.59. The van der Waals surface area contributed by atoms with E-state index in [4.69, 9.17) is 5.11 Å². The van der Waals surface area contributed by atoms with Gasteiger partial charge in [-0.05, 0) is 0 Å². The van der Waals surface area contributed by atoms with E-state index in [0.29, 0.717) is 11.6 Å². The molecule has 15 heavy (non-hydrogen) atoms. The van der Waals surface area contributed by atoms with Crippen LogP contribution in [0.4, 0.5) is 0 Å². The Morgan fingerprint density at radius 1 is 1.40 bits per heavy atom. The molecule has 0 aliphatic carbocycles. The van der Waals surface area contributed by atoms with Gasteiger partial charge in [0.2, 0.25) is 0 Å². The first kappa shape index (κ1) is 12.0. The maximum atomic E-state index is 10.5. The van der Waals surface area contributed by atoms with Gasteiger partial charge in [0.1, 0.15) is 5.82 Å². The van der Waals surface area contributed by atoms with Crippen molar-refractivity contribution in [1.29, 1.82) is 0 Å². The highest BCUT2D eigenvalue weighted by atomic mass is 32.2. The van der Waals surface area contributed by atoms with Crippen LogP contribution in [0.15, 0.2) is 12.4 Å². The summed E-state index contributed by atoms with van der Waals surface area (Å²) in [6, 6.07) is 0. The molecule has 0 saturated carbocycles. The Labute approximate surface area is 93.1 Å². The van der Waals surface area contributed by atoms with Crippen molar-refractivity contribution in [1.82, 2.24) is 9.97 Å². The van der Waals surface area contributed by atoms with Gasteiger partial charge in [0.25, 0.3) is 0 Å². The lowest BCUT2D eigenvalue weighted by Gasteiger charge is -2.16. The summed E-state index contributed by atoms with van der Waals surface area (Å²) in [5.41, 5.74) is 0.125. The quantitative estimate of drug-likeness (QED) is 0.856. The van der Waals surface area contributed by atoms with E-state index in [1.165, 1.54) is 12.4 Å². The highest BCUT2D eigenvalue weighted by molar-refractivity contribution is 7.99. The number of carboxylic acid groups (broad SMARTS) is 1. The molecule has 1 rings (SSSR count). The molecule has 0 spiro atoms. The maximum absolute atomic E-state index is 10.5. The van der Waals surface area contributed by atoms with Gasteiger partial charge in [0.05, 0.1) is 11.3 Å². The Balaban J connectivity index is 2.61. The molecular weight excluding hydrogens is 212 g/mol. The lowest BCUT2D eigenvalue weighted by Crippen LogP contribution is -2.09. The summed E-state index contributed by atoms with van der Waals surface area (Å²) in [6.45, 7) is 6.34. The summed E-state index contributed by atoms with van der Waals surface area (Å²) in [6.07, 6.45) is 2.68. The third-order valence-corrected chi connectivity index (χ3v) is 2.86. The second-order valence-electron chi connectivity index (χ2n) is 4.09. The fourth-order valence-electron chi connectivity index (χ4n) is 0.821. The van der Waals surface area contributed by atoms with E-state index < -0.39 is 5.97 Å². The molecule has 4 nitrogen and oxygen atoms in total. The molecule has 0 bridgehead atoms. The topological polar surface area (TPSA) is 63.1 Å². The standard InChI is InChI=1S/C10H14N2O2S/c1-10(2,3)15-6-8-11-4-7(5-12-8)9(13)14/h4-5H,6H2,1-3H3,(H,13,14). The van der Waals surface area contributed by atoms with Crippen LogP contribution in [0, 0.1) is 0 Å². The van der Waals surface area contributed by atoms with Crippen LogP contribution in [-0.4, -0.2) is 25.8 Å². The molecule has 1 aromatic rings. The normalized spacial score (nSPS) is 11.4. The summed E-state index contributed by atoms with van der Waals surface area (Å²) in [4.78, 5) is 18.5. The molecule has 5 heteroatoms. The van der Waals surface area contributed by atoms with Gasteiger partial charge in [-0.1, -0.05) is 20.8 Å². The van der Waals surface area contributed by atoms with Crippen LogP contribution in [0.25, 0.3) is 0 Å². The fraction of sp³-hybridized carbons (Fsp3) is 0.500. The molecule has 0 aliphatic heterocycles. The smallest absolute Gasteiger partial charge is 0.338 e. The van der Waals surface area contributed by atoms with E-state index in [0.717, 1.165) is 0 Å². The molecule has 0 saturated heterocycles. The molecule has 0 aliphatic rings. The largest absolute Gasteiger partial charge is 0.478 e. The predicted molar refractivity (Wildman–Crippen MR) is 60.0 cm³/mol. The number of hydrogen-bond acceptors (Lipinski definition) is 4. The highest BCUT2D eigenvalue weighted by Gasteiger charge is 2.12. The van der Waals surface area contributed by atoms with Crippen LogP contribution >= 0.6 is 11.8 Å². The molecular formula is C10H14N2O2S. The average molecular weight is 226 g/mol. The molecule has 1 aromatic heterocycles. The van der Waals surface area contributed by atoms with E-state index in [1.807, 2.05) is 0 Å². The average Bonchev–Trinajstić information content (AvgIpc) is 2.14. The number of hydrogen-bond donors (Lipinski definition) is 1. The monoisotopic (exact) mass is 226 g/mol. The first-order valence-corrected chi connectivity index (χ1v) is 5.55. The molecule has 1 N–H and O–H groups in total. The predicted octanol–water partition coefficient (Wildman–Crippen LogP) is 2.21. The number of carboxylic acids is 1. The molecule has 0 unspecified atom stereocenters. The van der Waals surface area contributed by atoms with Crippen molar-refractivity contribution >= 4 is 17.7 Å². The minimum atomic E-state index is -0.995. The van der Waals surface area contributed by atoms with Crippen molar-refractivity contribution in [3.8, 4) is 0 Å². The second-order valence-corrected chi connectivity index (χ2v) is 5.90. The first-order chi connectivity index (χ1) is 6.88. The lowest BCUT2D eigenvalue weighted by atomic mass is 10.3. The lowest BCUT2D eigenvalue weighted by molar-refractivity contribution is 0.0696. The summed E-state index contributed by atoms with van der Waals surface area (Å²) >= 11 is 1.73. The zero-order chi connectivity index (χ0) is 11.5. The minimum absolute atomic E-state index is 0.125. The van der Waals surface area contributed by atoms with Crippen molar-refractivity contribution in [3.63, 3.8) is 0 Å². The summed E-state index contributed by atoms with van der Waals surface area (Å²) in [5.74, 6) is 0.369. The summed E-state index contributed by atoms with van der Waals surface area (Å²) < 4.78 is 0.162. The van der Waals surface area contributed by atoms with Crippen molar-refractivity contribution < 1.29 is 9.90 Å². The molecule has 1 heterocycles. The van der Waals surface area contributed by atoms with Crippen molar-refractivity contribution in [3.05, 3.63) is 23.8 Å². The van der Waals surface area contributed by atoms with E-state index in [9.17, 15) is 4.79 Å². The van der Waals surface area contributed by atoms with Crippen molar-refractivity contribution in [2.24, 2.45) is 0 Å². The molecule has 0 amide bonds. The SMILES string of the molecule is CC(C)(C)SCc1ncc(C(=O)O)cn1. The van der Waals surface area contributed by atoms with Gasteiger partial charge in [0, 0.05) is 17.1 Å². The summed E-state index contributed by atoms with van der Waals surface area (Å²) in [7, 11) is 0. The van der Waals surface area contributed by atoms with Crippen molar-refractivity contribution in [2.75, 3.05) is 0 Å². The van der Waals surface area contributed by atoms with E-state index >= 15 is 0 Å². The highest BCUT2D eigenvalue weighted by Crippen LogP contribution is 2.25. The Morgan fingerprint density at radius 3 is 2.33 bits per heavy atom. The van der Waals surface area contributed by atoms with Crippen LogP contribution in [0.2, 0.25) is 0 Å². The van der Waals surface area contributed by atoms with Crippen LogP contribution in [0.5, 0.6) is 0 Å². The zero-order valence-corrected chi connectivity index (χ0v) is 9.84. The number of aromatic carboxylic acids is 1. The molecule has 0 radical (unpaired) electrons. The van der Waals surface area contributed by atoms with Crippen LogP contribution < -0.4 is 0 Å². The van der Waals surface area contributed by atoms with Crippen LogP contribution in [0.3, 0.4) is 0 Å². The minimum Gasteiger partial charge on any atom is -0.478 e. The zero-order valence-electron chi connectivity index (χ0n) is 9.02. The Morgan fingerprint density at radius 2 is 1.93 bits per heavy atom. The van der Waals surface area contributed by atoms with E-state index in [2.05, 4.69) is 30.7 Å². The third kappa shape index (κ3) is 4.29. The van der Waals surface area contributed by atoms with E-state index in [-0.39, 0.29) is 10.3 Å². The van der Waals surface area contributed by atoms with Gasteiger partial charge >= 0.3 is 5.97 Å². The number of thioether (sulfide) groups is 1. The van der Waals surface area contributed by atoms with Crippen molar-refractivity contribution in [2.45, 2.75) is 31.3 Å². The van der Waals surface area contributed by atoms with Gasteiger partial charge in [0.15, 0.2) is 0 Å². The Kier molecular flexibility index (Phi) is 3.68. The maximum Gasteiger partial charge on any atom is 0.338 e. The molecule has 0 fully saturated rings. The Bertz CT molecular complexity index is 343. The number of carbonyl (C=O) groups is 1. The Hall–Kier alpha value is -1.10. The van der Waals surface area contributed by atoms with Crippen LogP contribution in [0.1, 0.15) is 37.0 Å². The molecule has 0 atom stereocenters.